The van der Waals surface area contributed by atoms with Crippen LogP contribution in [0.4, 0.5) is 4.79 Å². The van der Waals surface area contributed by atoms with Crippen LogP contribution in [0.5, 0.6) is 0 Å². The summed E-state index contributed by atoms with van der Waals surface area (Å²) in [6.45, 7) is 0.0967. The van der Waals surface area contributed by atoms with Gasteiger partial charge in [-0.1, -0.05) is 18.2 Å². The minimum atomic E-state index is -0.794. The minimum Gasteiger partial charge on any atom is -0.458 e. The molecule has 1 heterocycles. The number of methoxy groups -OCH3 is 1. The first-order chi connectivity index (χ1) is 9.69. The second kappa shape index (κ2) is 7.16. The zero-order valence-electron chi connectivity index (χ0n) is 10.8. The van der Waals surface area contributed by atoms with Crippen molar-refractivity contribution in [3.05, 3.63) is 35.9 Å². The first-order valence-electron chi connectivity index (χ1n) is 5.93. The van der Waals surface area contributed by atoms with Gasteiger partial charge in [0.2, 0.25) is 6.29 Å². The summed E-state index contributed by atoms with van der Waals surface area (Å²) in [6.07, 6.45) is -1.47. The predicted molar refractivity (Wildman–Crippen MR) is 71.3 cm³/mol. The molecule has 20 heavy (non-hydrogen) atoms. The second-order valence-electron chi connectivity index (χ2n) is 3.86. The Labute approximate surface area is 120 Å². The summed E-state index contributed by atoms with van der Waals surface area (Å²) < 4.78 is 19.7. The largest absolute Gasteiger partial charge is 0.510 e. The molecule has 1 aliphatic rings. The molecule has 1 aromatic carbocycles. The van der Waals surface area contributed by atoms with E-state index in [1.54, 1.807) is 24.3 Å². The summed E-state index contributed by atoms with van der Waals surface area (Å²) in [4.78, 5) is 22.6. The van der Waals surface area contributed by atoms with Gasteiger partial charge in [0.15, 0.2) is 0 Å². The third kappa shape index (κ3) is 4.14. The van der Waals surface area contributed by atoms with Crippen LogP contribution in [0, 0.1) is 0 Å². The van der Waals surface area contributed by atoms with Crippen LogP contribution >= 0.6 is 11.8 Å². The Balaban J connectivity index is 1.73. The minimum absolute atomic E-state index is 0.0967. The molecule has 0 amide bonds. The Morgan fingerprint density at radius 1 is 1.35 bits per heavy atom. The lowest BCUT2D eigenvalue weighted by molar-refractivity contribution is -0.111. The summed E-state index contributed by atoms with van der Waals surface area (Å²) in [5.41, 5.74) is 0.134. The van der Waals surface area contributed by atoms with E-state index >= 15 is 0 Å². The van der Waals surface area contributed by atoms with Crippen LogP contribution in [0.3, 0.4) is 0 Å². The van der Waals surface area contributed by atoms with Gasteiger partial charge in [-0.15, -0.1) is 11.8 Å². The molecule has 0 unspecified atom stereocenters. The molecule has 2 rings (SSSR count). The number of rotatable bonds is 4. The maximum Gasteiger partial charge on any atom is 0.510 e. The average Bonchev–Trinajstić information content (AvgIpc) is 2.93. The number of carbonyl (C=O) groups is 2. The van der Waals surface area contributed by atoms with Crippen LogP contribution in [0.25, 0.3) is 0 Å². The van der Waals surface area contributed by atoms with Crippen LogP contribution in [-0.2, 0) is 18.9 Å². The highest BCUT2D eigenvalue weighted by molar-refractivity contribution is 8.00. The van der Waals surface area contributed by atoms with Crippen molar-refractivity contribution in [3.63, 3.8) is 0 Å². The van der Waals surface area contributed by atoms with E-state index in [9.17, 15) is 9.59 Å². The number of hydrogen-bond acceptors (Lipinski definition) is 7. The van der Waals surface area contributed by atoms with Crippen molar-refractivity contribution in [2.75, 3.05) is 19.5 Å². The van der Waals surface area contributed by atoms with Crippen molar-refractivity contribution in [2.24, 2.45) is 0 Å². The van der Waals surface area contributed by atoms with Crippen molar-refractivity contribution >= 4 is 23.9 Å². The van der Waals surface area contributed by atoms with E-state index in [-0.39, 0.29) is 12.0 Å². The zero-order chi connectivity index (χ0) is 14.4. The fraction of sp³-hybridized carbons (Fsp3) is 0.385. The van der Waals surface area contributed by atoms with E-state index in [0.29, 0.717) is 11.3 Å². The van der Waals surface area contributed by atoms with Crippen molar-refractivity contribution in [1.29, 1.82) is 0 Å². The van der Waals surface area contributed by atoms with Crippen LogP contribution < -0.4 is 0 Å². The number of ether oxygens (including phenoxy) is 4. The molecule has 108 valence electrons. The van der Waals surface area contributed by atoms with E-state index in [0.717, 1.165) is 0 Å². The summed E-state index contributed by atoms with van der Waals surface area (Å²) >= 11 is 1.41. The lowest BCUT2D eigenvalue weighted by Gasteiger charge is -2.12. The monoisotopic (exact) mass is 298 g/mol. The average molecular weight is 298 g/mol. The van der Waals surface area contributed by atoms with Gasteiger partial charge in [-0.25, -0.2) is 9.59 Å². The Bertz CT molecular complexity index is 463. The Hall–Kier alpha value is -1.73. The molecule has 1 aromatic rings. The van der Waals surface area contributed by atoms with Gasteiger partial charge in [0.1, 0.15) is 12.0 Å². The summed E-state index contributed by atoms with van der Waals surface area (Å²) in [7, 11) is 1.23. The van der Waals surface area contributed by atoms with E-state index in [1.165, 1.54) is 18.9 Å². The SMILES string of the molecule is COC(=O)O[C@@H]1CS[C@H](COC(=O)c2ccccc2)O1. The van der Waals surface area contributed by atoms with Crippen molar-refractivity contribution in [3.8, 4) is 0 Å². The van der Waals surface area contributed by atoms with Gasteiger partial charge in [0, 0.05) is 0 Å². The number of carbonyl (C=O) groups excluding carboxylic acids is 2. The topological polar surface area (TPSA) is 71.1 Å². The number of hydrogen-bond donors (Lipinski definition) is 0. The molecule has 0 saturated carbocycles. The highest BCUT2D eigenvalue weighted by atomic mass is 32.2. The fourth-order valence-corrected chi connectivity index (χ4v) is 2.42. The zero-order valence-corrected chi connectivity index (χ0v) is 11.6. The molecule has 0 radical (unpaired) electrons. The van der Waals surface area contributed by atoms with Crippen LogP contribution in [0.15, 0.2) is 30.3 Å². The van der Waals surface area contributed by atoms with E-state index in [1.807, 2.05) is 6.07 Å². The Kier molecular flexibility index (Phi) is 5.25. The van der Waals surface area contributed by atoms with E-state index in [4.69, 9.17) is 14.2 Å². The first-order valence-corrected chi connectivity index (χ1v) is 6.97. The molecule has 0 spiro atoms. The highest BCUT2D eigenvalue weighted by Crippen LogP contribution is 2.26. The maximum atomic E-state index is 11.7. The lowest BCUT2D eigenvalue weighted by atomic mass is 10.2. The molecule has 0 aliphatic carbocycles. The van der Waals surface area contributed by atoms with Gasteiger partial charge >= 0.3 is 12.1 Å². The standard InChI is InChI=1S/C13H14O6S/c1-16-13(15)19-10-8-20-11(18-10)7-17-12(14)9-5-3-2-4-6-9/h2-6,10-11H,7-8H2,1H3/t10-,11-/m1/s1. The van der Waals surface area contributed by atoms with Gasteiger partial charge in [0.05, 0.1) is 18.4 Å². The van der Waals surface area contributed by atoms with Gasteiger partial charge in [-0.3, -0.25) is 0 Å². The highest BCUT2D eigenvalue weighted by Gasteiger charge is 2.30. The maximum absolute atomic E-state index is 11.7. The molecule has 1 saturated heterocycles. The number of thioether (sulfide) groups is 1. The predicted octanol–water partition coefficient (Wildman–Crippen LogP) is 2.04. The molecule has 1 fully saturated rings. The third-order valence-corrected chi connectivity index (χ3v) is 3.56. The van der Waals surface area contributed by atoms with E-state index in [2.05, 4.69) is 4.74 Å². The number of benzene rings is 1. The van der Waals surface area contributed by atoms with Gasteiger partial charge in [0.25, 0.3) is 0 Å². The Morgan fingerprint density at radius 2 is 2.10 bits per heavy atom. The molecule has 0 N–H and O–H groups in total. The molecule has 2 atom stereocenters. The summed E-state index contributed by atoms with van der Waals surface area (Å²) in [5.74, 6) is 0.0648. The van der Waals surface area contributed by atoms with Gasteiger partial charge in [-0.05, 0) is 12.1 Å². The lowest BCUT2D eigenvalue weighted by Crippen LogP contribution is -2.23. The molecular formula is C13H14O6S. The van der Waals surface area contributed by atoms with Crippen LogP contribution in [0.2, 0.25) is 0 Å². The smallest absolute Gasteiger partial charge is 0.458 e. The van der Waals surface area contributed by atoms with Gasteiger partial charge in [-0.2, -0.15) is 0 Å². The fourth-order valence-electron chi connectivity index (χ4n) is 1.54. The van der Waals surface area contributed by atoms with Gasteiger partial charge < -0.3 is 18.9 Å². The molecule has 0 bridgehead atoms. The quantitative estimate of drug-likeness (QED) is 0.788. The van der Waals surface area contributed by atoms with Crippen molar-refractivity contribution in [2.45, 2.75) is 11.7 Å². The van der Waals surface area contributed by atoms with Crippen molar-refractivity contribution in [1.82, 2.24) is 0 Å². The normalized spacial score (nSPS) is 21.2. The van der Waals surface area contributed by atoms with Crippen LogP contribution in [-0.4, -0.2) is 43.3 Å². The van der Waals surface area contributed by atoms with Crippen LogP contribution in [0.1, 0.15) is 10.4 Å². The summed E-state index contributed by atoms with van der Waals surface area (Å²) in [5, 5.41) is 0. The molecular weight excluding hydrogens is 284 g/mol. The summed E-state index contributed by atoms with van der Waals surface area (Å²) in [6, 6.07) is 8.69. The third-order valence-electron chi connectivity index (χ3n) is 2.48. The molecule has 6 nitrogen and oxygen atoms in total. The van der Waals surface area contributed by atoms with E-state index < -0.39 is 18.4 Å². The number of esters is 1. The second-order valence-corrected chi connectivity index (χ2v) is 5.06. The molecule has 1 aliphatic heterocycles. The molecule has 7 heteroatoms. The van der Waals surface area contributed by atoms with Crippen molar-refractivity contribution < 1.29 is 28.5 Å². The molecule has 0 aromatic heterocycles. The Morgan fingerprint density at radius 3 is 2.80 bits per heavy atom. The first kappa shape index (κ1) is 14.7.